The van der Waals surface area contributed by atoms with E-state index in [1.54, 1.807) is 53.9 Å². The summed E-state index contributed by atoms with van der Waals surface area (Å²) in [6.45, 7) is 5.73. The number of nitrogens with zero attached hydrogens (tertiary/aromatic N) is 4. The maximum Gasteiger partial charge on any atom is 0.268 e. The molecule has 160 valence electrons. The molecule has 4 rings (SSSR count). The highest BCUT2D eigenvalue weighted by Gasteiger charge is 2.29. The standard InChI is InChI=1S/C23H23FN4O2S/c1-16(2)18-10-12-20(13-11-18)28(15-19-7-4-5-8-21(19)24)31(29,30)22-9-6-14-27-17(3)25-26-23(22)27/h4-14,16H,15H2,1-3H3. The second-order valence-corrected chi connectivity index (χ2v) is 9.49. The molecule has 4 aromatic rings. The number of sulfonamides is 1. The molecule has 0 aliphatic heterocycles. The van der Waals surface area contributed by atoms with E-state index in [-0.39, 0.29) is 22.7 Å². The Morgan fingerprint density at radius 3 is 2.39 bits per heavy atom. The summed E-state index contributed by atoms with van der Waals surface area (Å²) in [5, 5.41) is 8.06. The van der Waals surface area contributed by atoms with Crippen LogP contribution in [0, 0.1) is 12.7 Å². The van der Waals surface area contributed by atoms with E-state index in [9.17, 15) is 12.8 Å². The maximum absolute atomic E-state index is 14.4. The Balaban J connectivity index is 1.87. The Morgan fingerprint density at radius 1 is 1.00 bits per heavy atom. The van der Waals surface area contributed by atoms with Gasteiger partial charge in [-0.25, -0.2) is 12.8 Å². The van der Waals surface area contributed by atoms with Gasteiger partial charge in [0.25, 0.3) is 10.0 Å². The Kier molecular flexibility index (Phi) is 5.49. The van der Waals surface area contributed by atoms with Crippen molar-refractivity contribution in [2.24, 2.45) is 0 Å². The van der Waals surface area contributed by atoms with E-state index in [2.05, 4.69) is 24.0 Å². The smallest absolute Gasteiger partial charge is 0.268 e. The number of hydrogen-bond donors (Lipinski definition) is 0. The number of hydrogen-bond acceptors (Lipinski definition) is 4. The van der Waals surface area contributed by atoms with Gasteiger partial charge in [-0.05, 0) is 48.7 Å². The second kappa shape index (κ2) is 8.11. The number of fused-ring (bicyclic) bond motifs is 1. The zero-order valence-corrected chi connectivity index (χ0v) is 18.3. The summed E-state index contributed by atoms with van der Waals surface area (Å²) in [6.07, 6.45) is 1.71. The van der Waals surface area contributed by atoms with Gasteiger partial charge >= 0.3 is 0 Å². The molecule has 0 atom stereocenters. The van der Waals surface area contributed by atoms with Crippen LogP contribution < -0.4 is 4.31 Å². The largest absolute Gasteiger partial charge is 0.286 e. The lowest BCUT2D eigenvalue weighted by Crippen LogP contribution is -2.31. The van der Waals surface area contributed by atoms with Crippen molar-refractivity contribution in [3.8, 4) is 0 Å². The maximum atomic E-state index is 14.4. The molecule has 2 heterocycles. The molecule has 0 fully saturated rings. The van der Waals surface area contributed by atoms with Crippen LogP contribution in [0.2, 0.25) is 0 Å². The van der Waals surface area contributed by atoms with E-state index in [1.165, 1.54) is 16.4 Å². The molecule has 0 spiro atoms. The highest BCUT2D eigenvalue weighted by atomic mass is 32.2. The molecule has 0 saturated carbocycles. The van der Waals surface area contributed by atoms with E-state index in [0.29, 0.717) is 17.4 Å². The van der Waals surface area contributed by atoms with Crippen LogP contribution in [0.4, 0.5) is 10.1 Å². The average Bonchev–Trinajstić information content (AvgIpc) is 3.14. The van der Waals surface area contributed by atoms with Crippen molar-refractivity contribution in [1.29, 1.82) is 0 Å². The van der Waals surface area contributed by atoms with Gasteiger partial charge in [-0.1, -0.05) is 44.2 Å². The van der Waals surface area contributed by atoms with Crippen LogP contribution in [-0.4, -0.2) is 23.0 Å². The first kappa shape index (κ1) is 21.0. The first-order valence-corrected chi connectivity index (χ1v) is 11.4. The first-order chi connectivity index (χ1) is 14.8. The van der Waals surface area contributed by atoms with Crippen LogP contribution in [-0.2, 0) is 16.6 Å². The van der Waals surface area contributed by atoms with Gasteiger partial charge in [0.2, 0.25) is 0 Å². The molecular weight excluding hydrogens is 415 g/mol. The lowest BCUT2D eigenvalue weighted by molar-refractivity contribution is 0.585. The summed E-state index contributed by atoms with van der Waals surface area (Å²) in [4.78, 5) is 0.0138. The van der Waals surface area contributed by atoms with Crippen molar-refractivity contribution in [2.75, 3.05) is 4.31 Å². The van der Waals surface area contributed by atoms with Crippen molar-refractivity contribution < 1.29 is 12.8 Å². The summed E-state index contributed by atoms with van der Waals surface area (Å²) in [5.74, 6) is 0.422. The van der Waals surface area contributed by atoms with Crippen molar-refractivity contribution in [2.45, 2.75) is 38.1 Å². The number of halogens is 1. The zero-order chi connectivity index (χ0) is 22.2. The third-order valence-corrected chi connectivity index (χ3v) is 7.05. The highest BCUT2D eigenvalue weighted by molar-refractivity contribution is 7.93. The normalized spacial score (nSPS) is 11.9. The lowest BCUT2D eigenvalue weighted by Gasteiger charge is -2.25. The summed E-state index contributed by atoms with van der Waals surface area (Å²) in [6, 6.07) is 16.6. The molecule has 2 aromatic carbocycles. The number of pyridine rings is 1. The summed E-state index contributed by atoms with van der Waals surface area (Å²) in [5.41, 5.74) is 2.05. The molecule has 0 bridgehead atoms. The Hall–Kier alpha value is -3.26. The minimum absolute atomic E-state index is 0.0138. The number of aromatic nitrogens is 3. The number of anilines is 1. The molecule has 0 unspecified atom stereocenters. The fourth-order valence-electron chi connectivity index (χ4n) is 3.45. The molecule has 0 aliphatic rings. The van der Waals surface area contributed by atoms with E-state index in [0.717, 1.165) is 5.56 Å². The van der Waals surface area contributed by atoms with Crippen molar-refractivity contribution >= 4 is 21.4 Å². The predicted octanol–water partition coefficient (Wildman–Crippen LogP) is 4.70. The van der Waals surface area contributed by atoms with Crippen molar-refractivity contribution in [3.05, 3.63) is 89.6 Å². The van der Waals surface area contributed by atoms with Crippen molar-refractivity contribution in [1.82, 2.24) is 14.6 Å². The number of benzene rings is 2. The lowest BCUT2D eigenvalue weighted by atomic mass is 10.0. The van der Waals surface area contributed by atoms with E-state index >= 15 is 0 Å². The van der Waals surface area contributed by atoms with Gasteiger partial charge in [0.15, 0.2) is 5.65 Å². The molecule has 0 saturated heterocycles. The van der Waals surface area contributed by atoms with Crippen LogP contribution >= 0.6 is 0 Å². The van der Waals surface area contributed by atoms with Crippen LogP contribution in [0.1, 0.15) is 36.7 Å². The van der Waals surface area contributed by atoms with Gasteiger partial charge in [-0.3, -0.25) is 8.71 Å². The Bertz CT molecular complexity index is 1330. The van der Waals surface area contributed by atoms with Gasteiger partial charge in [0.05, 0.1) is 12.2 Å². The molecule has 2 aromatic heterocycles. The second-order valence-electron chi connectivity index (χ2n) is 7.66. The zero-order valence-electron chi connectivity index (χ0n) is 17.5. The fourth-order valence-corrected chi connectivity index (χ4v) is 5.01. The SMILES string of the molecule is Cc1nnc2c(S(=O)(=O)N(Cc3ccccc3F)c3ccc(C(C)C)cc3)cccn12. The predicted molar refractivity (Wildman–Crippen MR) is 118 cm³/mol. The van der Waals surface area contributed by atoms with Crippen LogP contribution in [0.3, 0.4) is 0 Å². The summed E-state index contributed by atoms with van der Waals surface area (Å²) >= 11 is 0. The van der Waals surface area contributed by atoms with E-state index in [4.69, 9.17) is 0 Å². The minimum Gasteiger partial charge on any atom is -0.286 e. The van der Waals surface area contributed by atoms with Crippen LogP contribution in [0.5, 0.6) is 0 Å². The van der Waals surface area contributed by atoms with Gasteiger partial charge in [0.1, 0.15) is 16.5 Å². The molecule has 31 heavy (non-hydrogen) atoms. The fraction of sp³-hybridized carbons (Fsp3) is 0.217. The number of aryl methyl sites for hydroxylation is 1. The topological polar surface area (TPSA) is 67.6 Å². The minimum atomic E-state index is -4.07. The van der Waals surface area contributed by atoms with E-state index in [1.807, 2.05) is 12.1 Å². The van der Waals surface area contributed by atoms with Gasteiger partial charge in [0, 0.05) is 11.8 Å². The van der Waals surface area contributed by atoms with Crippen LogP contribution in [0.15, 0.2) is 71.8 Å². The van der Waals surface area contributed by atoms with Crippen LogP contribution in [0.25, 0.3) is 5.65 Å². The molecule has 6 nitrogen and oxygen atoms in total. The molecule has 0 radical (unpaired) electrons. The first-order valence-electron chi connectivity index (χ1n) is 9.95. The molecular formula is C23H23FN4O2S. The average molecular weight is 439 g/mol. The highest BCUT2D eigenvalue weighted by Crippen LogP contribution is 2.29. The molecule has 0 aliphatic carbocycles. The Morgan fingerprint density at radius 2 is 1.71 bits per heavy atom. The monoisotopic (exact) mass is 438 g/mol. The molecule has 0 amide bonds. The Labute approximate surface area is 181 Å². The summed E-state index contributed by atoms with van der Waals surface area (Å²) < 4.78 is 44.9. The third kappa shape index (κ3) is 3.90. The van der Waals surface area contributed by atoms with Crippen molar-refractivity contribution in [3.63, 3.8) is 0 Å². The van der Waals surface area contributed by atoms with Gasteiger partial charge in [-0.2, -0.15) is 0 Å². The molecule has 8 heteroatoms. The molecule has 0 N–H and O–H groups in total. The quantitative estimate of drug-likeness (QED) is 0.438. The summed E-state index contributed by atoms with van der Waals surface area (Å²) in [7, 11) is -4.07. The van der Waals surface area contributed by atoms with E-state index < -0.39 is 15.8 Å². The van der Waals surface area contributed by atoms with Gasteiger partial charge in [-0.15, -0.1) is 10.2 Å². The number of rotatable bonds is 6. The third-order valence-electron chi connectivity index (χ3n) is 5.26. The van der Waals surface area contributed by atoms with Gasteiger partial charge < -0.3 is 0 Å².